The average Bonchev–Trinajstić information content (AvgIpc) is 3.09. The molecule has 2 amide bonds. The number of nitrogens with zero attached hydrogens (tertiary/aromatic N) is 1. The third-order valence-electron chi connectivity index (χ3n) is 3.60. The van der Waals surface area contributed by atoms with Crippen LogP contribution in [0.15, 0.2) is 58.4 Å². The number of rotatable bonds is 5. The Morgan fingerprint density at radius 3 is 2.62 bits per heavy atom. The lowest BCUT2D eigenvalue weighted by Gasteiger charge is -2.05. The number of aromatic nitrogens is 1. The molecule has 0 saturated carbocycles. The summed E-state index contributed by atoms with van der Waals surface area (Å²) in [5, 5.41) is 8.00. The number of thiazole rings is 1. The van der Waals surface area contributed by atoms with E-state index in [2.05, 4.69) is 31.5 Å². The van der Waals surface area contributed by atoms with E-state index in [1.54, 1.807) is 12.1 Å². The van der Waals surface area contributed by atoms with E-state index in [0.29, 0.717) is 17.2 Å². The predicted molar refractivity (Wildman–Crippen MR) is 107 cm³/mol. The SMILES string of the molecule is CC(=O)NCc1ccc(C(=O)Nc2nc(-c3cccc(Br)c3)cs2)cc1. The van der Waals surface area contributed by atoms with Gasteiger partial charge in [-0.05, 0) is 29.8 Å². The molecule has 3 aromatic rings. The lowest BCUT2D eigenvalue weighted by Crippen LogP contribution is -2.19. The van der Waals surface area contributed by atoms with Crippen molar-refractivity contribution in [1.82, 2.24) is 10.3 Å². The third-order valence-corrected chi connectivity index (χ3v) is 4.85. The highest BCUT2D eigenvalue weighted by Crippen LogP contribution is 2.27. The van der Waals surface area contributed by atoms with Gasteiger partial charge in [0.25, 0.3) is 5.91 Å². The van der Waals surface area contributed by atoms with Gasteiger partial charge in [0.05, 0.1) is 5.69 Å². The number of amides is 2. The van der Waals surface area contributed by atoms with Crippen molar-refractivity contribution in [3.8, 4) is 11.3 Å². The van der Waals surface area contributed by atoms with E-state index in [0.717, 1.165) is 21.3 Å². The van der Waals surface area contributed by atoms with Gasteiger partial charge < -0.3 is 5.32 Å². The summed E-state index contributed by atoms with van der Waals surface area (Å²) in [6, 6.07) is 14.9. The van der Waals surface area contributed by atoms with Crippen molar-refractivity contribution >= 4 is 44.2 Å². The lowest BCUT2D eigenvalue weighted by atomic mass is 10.1. The van der Waals surface area contributed by atoms with Crippen LogP contribution >= 0.6 is 27.3 Å². The molecule has 2 N–H and O–H groups in total. The van der Waals surface area contributed by atoms with Gasteiger partial charge in [-0.3, -0.25) is 14.9 Å². The summed E-state index contributed by atoms with van der Waals surface area (Å²) in [7, 11) is 0. The molecular weight excluding hydrogens is 414 g/mol. The van der Waals surface area contributed by atoms with Gasteiger partial charge in [-0.25, -0.2) is 4.98 Å². The van der Waals surface area contributed by atoms with Crippen LogP contribution in [-0.4, -0.2) is 16.8 Å². The van der Waals surface area contributed by atoms with E-state index >= 15 is 0 Å². The number of benzene rings is 2. The molecule has 0 saturated heterocycles. The predicted octanol–water partition coefficient (Wildman–Crippen LogP) is 4.46. The van der Waals surface area contributed by atoms with E-state index < -0.39 is 0 Å². The minimum absolute atomic E-state index is 0.0863. The Labute approximate surface area is 163 Å². The first-order chi connectivity index (χ1) is 12.5. The van der Waals surface area contributed by atoms with E-state index in [1.165, 1.54) is 18.3 Å². The molecule has 3 rings (SSSR count). The van der Waals surface area contributed by atoms with Crippen LogP contribution in [0.25, 0.3) is 11.3 Å². The largest absolute Gasteiger partial charge is 0.352 e. The zero-order valence-electron chi connectivity index (χ0n) is 14.0. The molecule has 132 valence electrons. The summed E-state index contributed by atoms with van der Waals surface area (Å²) in [5.74, 6) is -0.303. The van der Waals surface area contributed by atoms with Crippen LogP contribution in [0.3, 0.4) is 0 Å². The fourth-order valence-electron chi connectivity index (χ4n) is 2.28. The van der Waals surface area contributed by atoms with Crippen molar-refractivity contribution in [2.75, 3.05) is 5.32 Å². The summed E-state index contributed by atoms with van der Waals surface area (Å²) < 4.78 is 0.980. The fourth-order valence-corrected chi connectivity index (χ4v) is 3.40. The Kier molecular flexibility index (Phi) is 5.80. The fraction of sp³-hybridized carbons (Fsp3) is 0.105. The van der Waals surface area contributed by atoms with Crippen LogP contribution in [0, 0.1) is 0 Å². The molecule has 0 bridgehead atoms. The molecule has 0 fully saturated rings. The van der Waals surface area contributed by atoms with Crippen molar-refractivity contribution in [3.63, 3.8) is 0 Å². The Hall–Kier alpha value is -2.51. The van der Waals surface area contributed by atoms with Crippen molar-refractivity contribution < 1.29 is 9.59 Å². The number of nitrogens with one attached hydrogen (secondary N) is 2. The van der Waals surface area contributed by atoms with Crippen LogP contribution in [-0.2, 0) is 11.3 Å². The molecule has 7 heteroatoms. The van der Waals surface area contributed by atoms with Crippen molar-refractivity contribution in [2.45, 2.75) is 13.5 Å². The molecule has 0 atom stereocenters. The number of carbonyl (C=O) groups is 2. The standard InChI is InChI=1S/C19H16BrN3O2S/c1-12(24)21-10-13-5-7-14(8-6-13)18(25)23-19-22-17(11-26-19)15-3-2-4-16(20)9-15/h2-9,11H,10H2,1H3,(H,21,24)(H,22,23,25). The van der Waals surface area contributed by atoms with Crippen LogP contribution < -0.4 is 10.6 Å². The van der Waals surface area contributed by atoms with Gasteiger partial charge >= 0.3 is 0 Å². The minimum atomic E-state index is -0.216. The first-order valence-corrected chi connectivity index (χ1v) is 9.55. The van der Waals surface area contributed by atoms with Gasteiger partial charge in [0.1, 0.15) is 0 Å². The second kappa shape index (κ2) is 8.25. The molecule has 26 heavy (non-hydrogen) atoms. The molecule has 0 aliphatic rings. The molecule has 0 radical (unpaired) electrons. The maximum atomic E-state index is 12.4. The number of carbonyl (C=O) groups excluding carboxylic acids is 2. The Morgan fingerprint density at radius 2 is 1.92 bits per heavy atom. The molecule has 0 spiro atoms. The lowest BCUT2D eigenvalue weighted by molar-refractivity contribution is -0.119. The number of hydrogen-bond acceptors (Lipinski definition) is 4. The molecule has 0 aliphatic heterocycles. The smallest absolute Gasteiger partial charge is 0.257 e. The summed E-state index contributed by atoms with van der Waals surface area (Å²) in [6.07, 6.45) is 0. The van der Waals surface area contributed by atoms with Gasteiger partial charge in [-0.15, -0.1) is 11.3 Å². The van der Waals surface area contributed by atoms with Gasteiger partial charge in [0, 0.05) is 34.4 Å². The van der Waals surface area contributed by atoms with E-state index in [1.807, 2.05) is 41.8 Å². The average molecular weight is 430 g/mol. The van der Waals surface area contributed by atoms with Crippen LogP contribution in [0.4, 0.5) is 5.13 Å². The van der Waals surface area contributed by atoms with Crippen LogP contribution in [0.2, 0.25) is 0 Å². The summed E-state index contributed by atoms with van der Waals surface area (Å²) in [4.78, 5) is 27.8. The van der Waals surface area contributed by atoms with Crippen molar-refractivity contribution in [1.29, 1.82) is 0 Å². The number of hydrogen-bond donors (Lipinski definition) is 2. The highest BCUT2D eigenvalue weighted by atomic mass is 79.9. The Balaban J connectivity index is 1.66. The molecule has 1 aromatic heterocycles. The zero-order valence-corrected chi connectivity index (χ0v) is 16.4. The number of anilines is 1. The molecule has 0 aliphatic carbocycles. The molecular formula is C19H16BrN3O2S. The maximum absolute atomic E-state index is 12.4. The summed E-state index contributed by atoms with van der Waals surface area (Å²) >= 11 is 4.83. The first kappa shape index (κ1) is 18.3. The quantitative estimate of drug-likeness (QED) is 0.628. The summed E-state index contributed by atoms with van der Waals surface area (Å²) in [5.41, 5.74) is 3.27. The van der Waals surface area contributed by atoms with Gasteiger partial charge in [0.15, 0.2) is 5.13 Å². The van der Waals surface area contributed by atoms with E-state index in [-0.39, 0.29) is 11.8 Å². The molecule has 5 nitrogen and oxygen atoms in total. The number of halogens is 1. The Bertz CT molecular complexity index is 938. The van der Waals surface area contributed by atoms with E-state index in [4.69, 9.17) is 0 Å². The second-order valence-corrected chi connectivity index (χ2v) is 7.38. The summed E-state index contributed by atoms with van der Waals surface area (Å²) in [6.45, 7) is 1.91. The second-order valence-electron chi connectivity index (χ2n) is 5.61. The highest BCUT2D eigenvalue weighted by molar-refractivity contribution is 9.10. The molecule has 0 unspecified atom stereocenters. The zero-order chi connectivity index (χ0) is 18.5. The van der Waals surface area contributed by atoms with Gasteiger partial charge in [-0.2, -0.15) is 0 Å². The highest BCUT2D eigenvalue weighted by Gasteiger charge is 2.10. The monoisotopic (exact) mass is 429 g/mol. The minimum Gasteiger partial charge on any atom is -0.352 e. The maximum Gasteiger partial charge on any atom is 0.257 e. The van der Waals surface area contributed by atoms with Crippen LogP contribution in [0.1, 0.15) is 22.8 Å². The normalized spacial score (nSPS) is 10.4. The van der Waals surface area contributed by atoms with Crippen molar-refractivity contribution in [2.24, 2.45) is 0 Å². The third kappa shape index (κ3) is 4.77. The first-order valence-electron chi connectivity index (χ1n) is 7.87. The van der Waals surface area contributed by atoms with Crippen LogP contribution in [0.5, 0.6) is 0 Å². The van der Waals surface area contributed by atoms with Gasteiger partial charge in [-0.1, -0.05) is 40.2 Å². The van der Waals surface area contributed by atoms with Gasteiger partial charge in [0.2, 0.25) is 5.91 Å². The van der Waals surface area contributed by atoms with E-state index in [9.17, 15) is 9.59 Å². The molecule has 1 heterocycles. The molecule has 2 aromatic carbocycles. The Morgan fingerprint density at radius 1 is 1.15 bits per heavy atom. The topological polar surface area (TPSA) is 71.1 Å². The van der Waals surface area contributed by atoms with Crippen molar-refractivity contribution in [3.05, 3.63) is 69.5 Å².